The second-order valence-electron chi connectivity index (χ2n) is 6.31. The van der Waals surface area contributed by atoms with Crippen LogP contribution in [-0.2, 0) is 22.3 Å². The molecule has 2 aliphatic heterocycles. The molecule has 0 aliphatic carbocycles. The Kier molecular flexibility index (Phi) is 4.67. The molecule has 0 saturated carbocycles. The van der Waals surface area contributed by atoms with Crippen LogP contribution in [0.1, 0.15) is 15.9 Å². The summed E-state index contributed by atoms with van der Waals surface area (Å²) in [5.41, 5.74) is 1.88. The van der Waals surface area contributed by atoms with Crippen LogP contribution in [0.3, 0.4) is 0 Å². The van der Waals surface area contributed by atoms with E-state index in [1.165, 1.54) is 4.90 Å². The highest BCUT2D eigenvalue weighted by Crippen LogP contribution is 2.32. The van der Waals surface area contributed by atoms with Crippen molar-refractivity contribution in [1.82, 2.24) is 9.62 Å². The fourth-order valence-electron chi connectivity index (χ4n) is 3.27. The molecule has 134 valence electrons. The lowest BCUT2D eigenvalue weighted by molar-refractivity contribution is -0.114. The predicted octanol–water partition coefficient (Wildman–Crippen LogP) is 1.34. The predicted molar refractivity (Wildman–Crippen MR) is 99.3 cm³/mol. The van der Waals surface area contributed by atoms with Crippen LogP contribution in [0.5, 0.6) is 0 Å². The molecule has 6 nitrogen and oxygen atoms in total. The van der Waals surface area contributed by atoms with Gasteiger partial charge in [-0.15, -0.1) is 0 Å². The van der Waals surface area contributed by atoms with Crippen LogP contribution in [0.2, 0.25) is 0 Å². The number of piperazine rings is 1. The fraction of sp³-hybridized carbons (Fsp3) is 0.263. The average Bonchev–Trinajstić information content (AvgIpc) is 2.93. The minimum absolute atomic E-state index is 0.340. The van der Waals surface area contributed by atoms with Crippen LogP contribution in [0.25, 0.3) is 0 Å². The van der Waals surface area contributed by atoms with Gasteiger partial charge in [0.2, 0.25) is 0 Å². The molecule has 1 saturated heterocycles. The molecule has 26 heavy (non-hydrogen) atoms. The van der Waals surface area contributed by atoms with Gasteiger partial charge < -0.3 is 10.2 Å². The Morgan fingerprint density at radius 1 is 1.00 bits per heavy atom. The fourth-order valence-corrected chi connectivity index (χ4v) is 4.49. The third kappa shape index (κ3) is 3.09. The molecule has 1 unspecified atom stereocenters. The molecule has 0 spiro atoms. The van der Waals surface area contributed by atoms with Crippen molar-refractivity contribution in [1.29, 1.82) is 0 Å². The molecule has 0 radical (unpaired) electrons. The molecule has 1 amide bonds. The van der Waals surface area contributed by atoms with E-state index in [0.29, 0.717) is 35.8 Å². The zero-order chi connectivity index (χ0) is 18.1. The monoisotopic (exact) mass is 369 g/mol. The number of carbonyl (C=O) groups is 2. The van der Waals surface area contributed by atoms with Crippen molar-refractivity contribution in [2.75, 3.05) is 31.1 Å². The van der Waals surface area contributed by atoms with E-state index in [1.807, 2.05) is 34.6 Å². The number of Topliss-reactive ketones (excluding diaryl/α,β-unsaturated/α-hetero) is 1. The lowest BCUT2D eigenvalue weighted by atomic mass is 10.1. The van der Waals surface area contributed by atoms with Gasteiger partial charge in [-0.05, 0) is 23.8 Å². The van der Waals surface area contributed by atoms with E-state index in [0.717, 1.165) is 18.7 Å². The maximum absolute atomic E-state index is 12.8. The summed E-state index contributed by atoms with van der Waals surface area (Å²) in [5.74, 6) is -1.07. The molecule has 1 N–H and O–H groups in total. The maximum atomic E-state index is 12.8. The van der Waals surface area contributed by atoms with Crippen molar-refractivity contribution < 1.29 is 13.8 Å². The molecule has 2 aromatic rings. The summed E-state index contributed by atoms with van der Waals surface area (Å²) in [6.07, 6.45) is 0. The Morgan fingerprint density at radius 2 is 1.73 bits per heavy atom. The molecule has 7 heteroatoms. The molecule has 4 rings (SSSR count). The minimum atomic E-state index is -1.33. The first-order valence-corrected chi connectivity index (χ1v) is 9.67. The second-order valence-corrected chi connectivity index (χ2v) is 7.80. The highest BCUT2D eigenvalue weighted by Gasteiger charge is 2.36. The number of anilines is 1. The van der Waals surface area contributed by atoms with Gasteiger partial charge in [0, 0.05) is 26.2 Å². The number of nitrogens with one attached hydrogen (secondary N) is 1. The van der Waals surface area contributed by atoms with Crippen LogP contribution < -0.4 is 10.2 Å². The molecule has 0 bridgehead atoms. The third-order valence-electron chi connectivity index (χ3n) is 4.64. The first kappa shape index (κ1) is 17.1. The summed E-state index contributed by atoms with van der Waals surface area (Å²) in [4.78, 5) is 26.9. The molecule has 1 fully saturated rings. The summed E-state index contributed by atoms with van der Waals surface area (Å²) >= 11 is 0. The largest absolute Gasteiger partial charge is 0.314 e. The van der Waals surface area contributed by atoms with Gasteiger partial charge >= 0.3 is 0 Å². The topological polar surface area (TPSA) is 69.7 Å². The lowest BCUT2D eigenvalue weighted by Crippen LogP contribution is -2.44. The van der Waals surface area contributed by atoms with Gasteiger partial charge in [0.25, 0.3) is 11.7 Å². The second kappa shape index (κ2) is 7.11. The number of rotatable bonds is 4. The van der Waals surface area contributed by atoms with Crippen molar-refractivity contribution in [2.24, 2.45) is 0 Å². The van der Waals surface area contributed by atoms with Gasteiger partial charge in [-0.25, -0.2) is 8.51 Å². The number of benzene rings is 2. The Morgan fingerprint density at radius 3 is 2.46 bits per heavy atom. The number of carbonyl (C=O) groups excluding carboxylic acids is 2. The number of ketones is 1. The van der Waals surface area contributed by atoms with E-state index in [4.69, 9.17) is 0 Å². The van der Waals surface area contributed by atoms with E-state index >= 15 is 0 Å². The van der Waals surface area contributed by atoms with Crippen LogP contribution in [-0.4, -0.2) is 46.4 Å². The van der Waals surface area contributed by atoms with Gasteiger partial charge in [-0.2, -0.15) is 0 Å². The minimum Gasteiger partial charge on any atom is -0.314 e. The van der Waals surface area contributed by atoms with Crippen LogP contribution in [0.15, 0.2) is 53.4 Å². The first-order valence-electron chi connectivity index (χ1n) is 8.57. The van der Waals surface area contributed by atoms with E-state index in [9.17, 15) is 13.8 Å². The van der Waals surface area contributed by atoms with Crippen molar-refractivity contribution in [3.8, 4) is 0 Å². The van der Waals surface area contributed by atoms with Crippen molar-refractivity contribution >= 4 is 28.4 Å². The molecule has 2 heterocycles. The number of amides is 1. The van der Waals surface area contributed by atoms with Crippen LogP contribution >= 0.6 is 0 Å². The number of hydrogen-bond donors (Lipinski definition) is 1. The summed E-state index contributed by atoms with van der Waals surface area (Å²) in [6, 6.07) is 14.6. The Hall–Kier alpha value is -2.35. The van der Waals surface area contributed by atoms with E-state index in [2.05, 4.69) is 5.32 Å². The maximum Gasteiger partial charge on any atom is 0.299 e. The van der Waals surface area contributed by atoms with Crippen LogP contribution in [0.4, 0.5) is 5.69 Å². The number of nitrogens with zero attached hydrogens (tertiary/aromatic N) is 2. The van der Waals surface area contributed by atoms with E-state index < -0.39 is 22.7 Å². The highest BCUT2D eigenvalue weighted by atomic mass is 32.2. The summed E-state index contributed by atoms with van der Waals surface area (Å²) in [5, 5.41) is 3.22. The van der Waals surface area contributed by atoms with Crippen LogP contribution in [0, 0.1) is 0 Å². The highest BCUT2D eigenvalue weighted by molar-refractivity contribution is 7.82. The number of hydrogen-bond acceptors (Lipinski definition) is 4. The Balaban J connectivity index is 1.62. The zero-order valence-corrected chi connectivity index (χ0v) is 15.0. The quantitative estimate of drug-likeness (QED) is 0.826. The van der Waals surface area contributed by atoms with Crippen molar-refractivity contribution in [3.05, 3.63) is 59.7 Å². The molecular weight excluding hydrogens is 350 g/mol. The van der Waals surface area contributed by atoms with Gasteiger partial charge in [-0.1, -0.05) is 30.3 Å². The normalized spacial score (nSPS) is 18.8. The lowest BCUT2D eigenvalue weighted by Gasteiger charge is -2.26. The van der Waals surface area contributed by atoms with Gasteiger partial charge in [0.05, 0.1) is 22.7 Å². The summed E-state index contributed by atoms with van der Waals surface area (Å²) in [6.45, 7) is 3.31. The van der Waals surface area contributed by atoms with Gasteiger partial charge in [-0.3, -0.25) is 9.59 Å². The van der Waals surface area contributed by atoms with Gasteiger partial charge in [0.1, 0.15) is 11.0 Å². The average molecular weight is 369 g/mol. The molecule has 2 aromatic carbocycles. The smallest absolute Gasteiger partial charge is 0.299 e. The standard InChI is InChI=1S/C19H19N3O3S/c23-18-16-12-15(26(25)21-10-8-20-9-11-21)6-7-17(16)22(19(18)24)13-14-4-2-1-3-5-14/h1-7,12,20H,8-11,13H2. The molecule has 0 aromatic heterocycles. The SMILES string of the molecule is O=C1C(=O)N(Cc2ccccc2)c2ccc(S(=O)N3CCNCC3)cc21. The number of fused-ring (bicyclic) bond motifs is 1. The Bertz CT molecular complexity index is 879. The molecule has 2 aliphatic rings. The summed E-state index contributed by atoms with van der Waals surface area (Å²) < 4.78 is 14.6. The van der Waals surface area contributed by atoms with Crippen molar-refractivity contribution in [2.45, 2.75) is 11.4 Å². The summed E-state index contributed by atoms with van der Waals surface area (Å²) in [7, 11) is -1.33. The van der Waals surface area contributed by atoms with Crippen molar-refractivity contribution in [3.63, 3.8) is 0 Å². The molecule has 1 atom stereocenters. The first-order chi connectivity index (χ1) is 12.6. The Labute approximate surface area is 154 Å². The van der Waals surface area contributed by atoms with E-state index in [1.54, 1.807) is 18.2 Å². The third-order valence-corrected chi connectivity index (χ3v) is 6.13. The zero-order valence-electron chi connectivity index (χ0n) is 14.2. The van der Waals surface area contributed by atoms with Gasteiger partial charge in [0.15, 0.2) is 0 Å². The molecular formula is C19H19N3O3S. The van der Waals surface area contributed by atoms with E-state index in [-0.39, 0.29) is 0 Å².